The SMILES string of the molecule is CCc1c(C)cc(C)c(Nc2c(C)cc(C)c(CC)c2C)c1C. The summed E-state index contributed by atoms with van der Waals surface area (Å²) in [6.07, 6.45) is 2.16. The molecule has 0 bridgehead atoms. The lowest BCUT2D eigenvalue weighted by Crippen LogP contribution is -2.06. The summed E-state index contributed by atoms with van der Waals surface area (Å²) in [4.78, 5) is 0. The van der Waals surface area contributed by atoms with E-state index in [0.29, 0.717) is 0 Å². The first-order chi connectivity index (χ1) is 10.8. The third kappa shape index (κ3) is 3.15. The average molecular weight is 309 g/mol. The van der Waals surface area contributed by atoms with Crippen molar-refractivity contribution in [3.63, 3.8) is 0 Å². The minimum Gasteiger partial charge on any atom is -0.355 e. The van der Waals surface area contributed by atoms with Gasteiger partial charge in [-0.2, -0.15) is 0 Å². The van der Waals surface area contributed by atoms with Gasteiger partial charge in [-0.25, -0.2) is 0 Å². The van der Waals surface area contributed by atoms with Crippen LogP contribution in [0.2, 0.25) is 0 Å². The number of nitrogens with one attached hydrogen (secondary N) is 1. The van der Waals surface area contributed by atoms with E-state index < -0.39 is 0 Å². The lowest BCUT2D eigenvalue weighted by molar-refractivity contribution is 1.06. The number of hydrogen-bond acceptors (Lipinski definition) is 1. The van der Waals surface area contributed by atoms with Crippen molar-refractivity contribution < 1.29 is 0 Å². The molecule has 0 saturated heterocycles. The fraction of sp³-hybridized carbons (Fsp3) is 0.455. The Kier molecular flexibility index (Phi) is 5.19. The van der Waals surface area contributed by atoms with Gasteiger partial charge in [-0.05, 0) is 98.9 Å². The molecule has 23 heavy (non-hydrogen) atoms. The number of rotatable bonds is 4. The van der Waals surface area contributed by atoms with Crippen LogP contribution < -0.4 is 5.32 Å². The highest BCUT2D eigenvalue weighted by atomic mass is 14.9. The van der Waals surface area contributed by atoms with Gasteiger partial charge < -0.3 is 5.32 Å². The maximum atomic E-state index is 3.78. The van der Waals surface area contributed by atoms with Gasteiger partial charge in [0, 0.05) is 11.4 Å². The molecule has 1 N–H and O–H groups in total. The summed E-state index contributed by atoms with van der Waals surface area (Å²) in [5, 5.41) is 3.78. The normalized spacial score (nSPS) is 11.0. The van der Waals surface area contributed by atoms with E-state index in [4.69, 9.17) is 0 Å². The minimum atomic E-state index is 1.08. The molecule has 0 unspecified atom stereocenters. The smallest absolute Gasteiger partial charge is 0.0446 e. The van der Waals surface area contributed by atoms with E-state index in [1.165, 1.54) is 55.9 Å². The van der Waals surface area contributed by atoms with Crippen LogP contribution in [0.5, 0.6) is 0 Å². The van der Waals surface area contributed by atoms with Gasteiger partial charge in [0.25, 0.3) is 0 Å². The Hall–Kier alpha value is -1.76. The minimum absolute atomic E-state index is 1.08. The average Bonchev–Trinajstić information content (AvgIpc) is 2.46. The van der Waals surface area contributed by atoms with Crippen molar-refractivity contribution in [3.8, 4) is 0 Å². The van der Waals surface area contributed by atoms with Gasteiger partial charge in [0.05, 0.1) is 0 Å². The Morgan fingerprint density at radius 1 is 0.609 bits per heavy atom. The fourth-order valence-electron chi connectivity index (χ4n) is 4.05. The molecule has 2 aromatic rings. The van der Waals surface area contributed by atoms with Crippen LogP contribution in [0.15, 0.2) is 12.1 Å². The molecule has 1 nitrogen and oxygen atoms in total. The van der Waals surface area contributed by atoms with Crippen LogP contribution >= 0.6 is 0 Å². The van der Waals surface area contributed by atoms with Crippen molar-refractivity contribution in [2.75, 3.05) is 5.32 Å². The second-order valence-corrected chi connectivity index (χ2v) is 6.81. The molecular weight excluding hydrogens is 278 g/mol. The molecule has 1 heteroatoms. The molecule has 0 aromatic heterocycles. The number of hydrogen-bond donors (Lipinski definition) is 1. The van der Waals surface area contributed by atoms with E-state index in [-0.39, 0.29) is 0 Å². The molecule has 0 spiro atoms. The molecule has 0 aliphatic rings. The van der Waals surface area contributed by atoms with Gasteiger partial charge in [0.1, 0.15) is 0 Å². The van der Waals surface area contributed by atoms with E-state index in [1.807, 2.05) is 0 Å². The molecule has 0 saturated carbocycles. The van der Waals surface area contributed by atoms with Crippen molar-refractivity contribution in [3.05, 3.63) is 56.6 Å². The molecule has 0 aliphatic heterocycles. The molecule has 0 radical (unpaired) electrons. The maximum absolute atomic E-state index is 3.78. The first-order valence-corrected chi connectivity index (χ1v) is 8.78. The molecule has 0 heterocycles. The van der Waals surface area contributed by atoms with Crippen molar-refractivity contribution in [2.45, 2.75) is 68.2 Å². The standard InChI is InChI=1S/C22H31N/c1-9-19-13(3)11-15(5)21(17(19)7)23-22-16(6)12-14(4)20(10-2)18(22)8/h11-12,23H,9-10H2,1-8H3. The van der Waals surface area contributed by atoms with E-state index in [0.717, 1.165) is 12.8 Å². The zero-order chi connectivity index (χ0) is 17.3. The number of benzene rings is 2. The van der Waals surface area contributed by atoms with Crippen LogP contribution in [0.3, 0.4) is 0 Å². The van der Waals surface area contributed by atoms with E-state index in [9.17, 15) is 0 Å². The lowest BCUT2D eigenvalue weighted by Gasteiger charge is -2.22. The summed E-state index contributed by atoms with van der Waals surface area (Å²) in [6.45, 7) is 17.8. The third-order valence-electron chi connectivity index (χ3n) is 5.22. The van der Waals surface area contributed by atoms with Gasteiger partial charge >= 0.3 is 0 Å². The van der Waals surface area contributed by atoms with Gasteiger partial charge in [0.2, 0.25) is 0 Å². The second kappa shape index (κ2) is 6.78. The van der Waals surface area contributed by atoms with Gasteiger partial charge in [0.15, 0.2) is 0 Å². The van der Waals surface area contributed by atoms with Crippen molar-refractivity contribution >= 4 is 11.4 Å². The Bertz CT molecular complexity index is 675. The zero-order valence-corrected chi connectivity index (χ0v) is 16.1. The van der Waals surface area contributed by atoms with E-state index in [2.05, 4.69) is 72.8 Å². The van der Waals surface area contributed by atoms with E-state index >= 15 is 0 Å². The first kappa shape index (κ1) is 17.6. The first-order valence-electron chi connectivity index (χ1n) is 8.78. The molecule has 0 amide bonds. The molecule has 124 valence electrons. The molecular formula is C22H31N. The van der Waals surface area contributed by atoms with Gasteiger partial charge in [-0.3, -0.25) is 0 Å². The Balaban J connectivity index is 2.61. The molecule has 0 aliphatic carbocycles. The summed E-state index contributed by atoms with van der Waals surface area (Å²) in [5.41, 5.74) is 13.7. The van der Waals surface area contributed by atoms with Crippen molar-refractivity contribution in [1.29, 1.82) is 0 Å². The molecule has 0 fully saturated rings. The third-order valence-corrected chi connectivity index (χ3v) is 5.22. The predicted octanol–water partition coefficient (Wildman–Crippen LogP) is 6.41. The van der Waals surface area contributed by atoms with Crippen LogP contribution in [0, 0.1) is 41.5 Å². The largest absolute Gasteiger partial charge is 0.355 e. The van der Waals surface area contributed by atoms with Gasteiger partial charge in [-0.15, -0.1) is 0 Å². The number of anilines is 2. The summed E-state index contributed by atoms with van der Waals surface area (Å²) in [5.74, 6) is 0. The van der Waals surface area contributed by atoms with Crippen LogP contribution in [-0.2, 0) is 12.8 Å². The lowest BCUT2D eigenvalue weighted by atomic mass is 9.93. The summed E-state index contributed by atoms with van der Waals surface area (Å²) in [6, 6.07) is 4.63. The highest BCUT2D eigenvalue weighted by molar-refractivity contribution is 5.74. The van der Waals surface area contributed by atoms with Crippen LogP contribution in [0.25, 0.3) is 0 Å². The van der Waals surface area contributed by atoms with Crippen molar-refractivity contribution in [2.24, 2.45) is 0 Å². The second-order valence-electron chi connectivity index (χ2n) is 6.81. The predicted molar refractivity (Wildman–Crippen MR) is 103 cm³/mol. The van der Waals surface area contributed by atoms with E-state index in [1.54, 1.807) is 0 Å². The summed E-state index contributed by atoms with van der Waals surface area (Å²) in [7, 11) is 0. The van der Waals surface area contributed by atoms with Crippen LogP contribution in [0.4, 0.5) is 11.4 Å². The zero-order valence-electron chi connectivity index (χ0n) is 16.1. The Morgan fingerprint density at radius 3 is 1.26 bits per heavy atom. The molecule has 2 rings (SSSR count). The topological polar surface area (TPSA) is 12.0 Å². The molecule has 0 atom stereocenters. The van der Waals surface area contributed by atoms with Crippen molar-refractivity contribution in [1.82, 2.24) is 0 Å². The highest BCUT2D eigenvalue weighted by Gasteiger charge is 2.14. The highest BCUT2D eigenvalue weighted by Crippen LogP contribution is 2.34. The summed E-state index contributed by atoms with van der Waals surface area (Å²) >= 11 is 0. The van der Waals surface area contributed by atoms with Crippen LogP contribution in [0.1, 0.15) is 58.4 Å². The summed E-state index contributed by atoms with van der Waals surface area (Å²) < 4.78 is 0. The molecule has 2 aromatic carbocycles. The monoisotopic (exact) mass is 309 g/mol. The quantitative estimate of drug-likeness (QED) is 0.688. The number of aryl methyl sites for hydroxylation is 4. The fourth-order valence-corrected chi connectivity index (χ4v) is 4.05. The Morgan fingerprint density at radius 2 is 0.957 bits per heavy atom. The van der Waals surface area contributed by atoms with Crippen LogP contribution in [-0.4, -0.2) is 0 Å². The maximum Gasteiger partial charge on any atom is 0.0446 e. The Labute approximate surface area is 142 Å². The van der Waals surface area contributed by atoms with Gasteiger partial charge in [-0.1, -0.05) is 26.0 Å².